The Balaban J connectivity index is 0.000000572. The maximum absolute atomic E-state index is 12.7. The average Bonchev–Trinajstić information content (AvgIpc) is 3.16. The summed E-state index contributed by atoms with van der Waals surface area (Å²) in [5.74, 6) is -2.76. The van der Waals surface area contributed by atoms with Gasteiger partial charge >= 0.3 is 24.0 Å². The Morgan fingerprint density at radius 2 is 1.64 bits per heavy atom. The molecule has 3 rings (SSSR count). The van der Waals surface area contributed by atoms with E-state index in [1.807, 2.05) is 0 Å². The van der Waals surface area contributed by atoms with Gasteiger partial charge in [-0.05, 0) is 24.3 Å². The minimum atomic E-state index is -5.08. The van der Waals surface area contributed by atoms with Crippen LogP contribution < -0.4 is 11.4 Å². The zero-order valence-electron chi connectivity index (χ0n) is 17.6. The Bertz CT molecular complexity index is 1270. The van der Waals surface area contributed by atoms with Gasteiger partial charge in [0, 0.05) is 23.9 Å². The number of aliphatic carboxylic acids is 1. The highest BCUT2D eigenvalue weighted by atomic mass is 19.4. The summed E-state index contributed by atoms with van der Waals surface area (Å²) in [6.45, 7) is -0.869. The van der Waals surface area contributed by atoms with Gasteiger partial charge in [0.1, 0.15) is 12.0 Å². The molecule has 0 fully saturated rings. The zero-order chi connectivity index (χ0) is 27.3. The van der Waals surface area contributed by atoms with Crippen LogP contribution in [0, 0.1) is 0 Å². The molecule has 3 aromatic rings. The molecule has 194 valence electrons. The molecule has 9 nitrogen and oxygen atoms in total. The smallest absolute Gasteiger partial charge is 0.475 e. The number of rotatable bonds is 5. The Morgan fingerprint density at radius 3 is 2.06 bits per heavy atom. The summed E-state index contributed by atoms with van der Waals surface area (Å²) in [6.07, 6.45) is -8.11. The third kappa shape index (κ3) is 7.17. The van der Waals surface area contributed by atoms with Gasteiger partial charge in [-0.15, -0.1) is 0 Å². The lowest BCUT2D eigenvalue weighted by atomic mass is 10.1. The normalized spacial score (nSPS) is 11.5. The van der Waals surface area contributed by atoms with Crippen molar-refractivity contribution in [2.45, 2.75) is 18.9 Å². The van der Waals surface area contributed by atoms with Crippen LogP contribution in [0.3, 0.4) is 0 Å². The molecule has 0 aliphatic carbocycles. The molecule has 0 aliphatic heterocycles. The van der Waals surface area contributed by atoms with Gasteiger partial charge in [0.25, 0.3) is 6.08 Å². The molecule has 0 spiro atoms. The van der Waals surface area contributed by atoms with Crippen molar-refractivity contribution in [3.8, 4) is 16.9 Å². The molecule has 36 heavy (non-hydrogen) atoms. The molecule has 0 aromatic carbocycles. The number of nitrogens with two attached hydrogens (primary N) is 1. The number of carboxylic acid groups (broad SMARTS) is 1. The fourth-order valence-corrected chi connectivity index (χ4v) is 2.42. The van der Waals surface area contributed by atoms with Crippen molar-refractivity contribution in [2.75, 3.05) is 6.54 Å². The first-order valence-corrected chi connectivity index (χ1v) is 9.32. The van der Waals surface area contributed by atoms with Gasteiger partial charge in [-0.2, -0.15) is 40.2 Å². The van der Waals surface area contributed by atoms with Crippen molar-refractivity contribution in [1.82, 2.24) is 24.3 Å². The average molecular weight is 526 g/mol. The number of nitrogens with zero attached hydrogens (tertiary/aromatic N) is 5. The number of hydrogen-bond acceptors (Lipinski definition) is 6. The molecule has 0 amide bonds. The summed E-state index contributed by atoms with van der Waals surface area (Å²) >= 11 is 0. The second-order valence-electron chi connectivity index (χ2n) is 6.64. The van der Waals surface area contributed by atoms with Gasteiger partial charge in [-0.3, -0.25) is 9.97 Å². The van der Waals surface area contributed by atoms with Crippen LogP contribution in [0.4, 0.5) is 35.1 Å². The number of carboxylic acids is 1. The molecule has 17 heteroatoms. The second-order valence-corrected chi connectivity index (χ2v) is 6.64. The fraction of sp³-hybridized carbons (Fsp3) is 0.211. The third-order valence-corrected chi connectivity index (χ3v) is 4.21. The number of halogens is 8. The van der Waals surface area contributed by atoms with Crippen molar-refractivity contribution in [1.29, 1.82) is 0 Å². The molecule has 3 aromatic heterocycles. The summed E-state index contributed by atoms with van der Waals surface area (Å²) in [5.41, 5.74) is 4.10. The van der Waals surface area contributed by atoms with E-state index in [9.17, 15) is 39.9 Å². The highest BCUT2D eigenvalue weighted by Crippen LogP contribution is 2.28. The Labute approximate surface area is 195 Å². The van der Waals surface area contributed by atoms with E-state index in [1.165, 1.54) is 24.4 Å². The Hall–Kier alpha value is -4.15. The van der Waals surface area contributed by atoms with Crippen molar-refractivity contribution in [3.05, 3.63) is 70.8 Å². The summed E-state index contributed by atoms with van der Waals surface area (Å²) in [4.78, 5) is 28.7. The molecule has 0 saturated heterocycles. The standard InChI is InChI=1S/C17H13F5N6O.C2HF3O2/c18-15(19)11(5-23)8-28-16(29)27(9-26-28)12-2-3-13(24-7-12)10-1-4-14(25-6-10)17(20,21)22;3-2(4,5)1(6)7/h1-4,6-7,9H,5,8,23H2;(H,6,7). The number of carbonyl (C=O) groups is 1. The lowest BCUT2D eigenvalue weighted by Gasteiger charge is -2.07. The van der Waals surface area contributed by atoms with Crippen molar-refractivity contribution >= 4 is 5.97 Å². The first kappa shape index (κ1) is 28.1. The Kier molecular flexibility index (Phi) is 8.63. The lowest BCUT2D eigenvalue weighted by Crippen LogP contribution is -2.26. The van der Waals surface area contributed by atoms with E-state index in [0.717, 1.165) is 27.8 Å². The molecule has 0 bridgehead atoms. The maximum Gasteiger partial charge on any atom is 0.490 e. The molecule has 0 aliphatic rings. The first-order chi connectivity index (χ1) is 16.6. The van der Waals surface area contributed by atoms with E-state index in [2.05, 4.69) is 15.1 Å². The van der Waals surface area contributed by atoms with Crippen LogP contribution in [-0.4, -0.2) is 48.1 Å². The zero-order valence-corrected chi connectivity index (χ0v) is 17.6. The van der Waals surface area contributed by atoms with Crippen LogP contribution in [0.15, 0.2) is 59.4 Å². The van der Waals surface area contributed by atoms with Gasteiger partial charge in [-0.1, -0.05) is 0 Å². The van der Waals surface area contributed by atoms with Crippen LogP contribution in [0.2, 0.25) is 0 Å². The monoisotopic (exact) mass is 526 g/mol. The summed E-state index contributed by atoms with van der Waals surface area (Å²) < 4.78 is 96.8. The summed E-state index contributed by atoms with van der Waals surface area (Å²) in [7, 11) is 0. The number of pyridine rings is 2. The van der Waals surface area contributed by atoms with Crippen molar-refractivity contribution in [2.24, 2.45) is 5.73 Å². The summed E-state index contributed by atoms with van der Waals surface area (Å²) in [5, 5.41) is 10.9. The topological polar surface area (TPSA) is 129 Å². The van der Waals surface area contributed by atoms with E-state index in [4.69, 9.17) is 15.6 Å². The SMILES string of the molecule is NCC(Cn1ncn(-c2ccc(-c3ccc(C(F)(F)F)nc3)nc2)c1=O)=C(F)F.O=C(O)C(F)(F)F. The first-order valence-electron chi connectivity index (χ1n) is 9.32. The summed E-state index contributed by atoms with van der Waals surface area (Å²) in [6, 6.07) is 5.04. The molecule has 3 heterocycles. The van der Waals surface area contributed by atoms with E-state index in [-0.39, 0.29) is 0 Å². The second kappa shape index (κ2) is 11.1. The molecular weight excluding hydrogens is 512 g/mol. The van der Waals surface area contributed by atoms with Gasteiger partial charge in [0.15, 0.2) is 0 Å². The number of alkyl halides is 6. The minimum Gasteiger partial charge on any atom is -0.475 e. The van der Waals surface area contributed by atoms with Crippen molar-refractivity contribution in [3.63, 3.8) is 0 Å². The van der Waals surface area contributed by atoms with Crippen LogP contribution in [-0.2, 0) is 17.5 Å². The van der Waals surface area contributed by atoms with E-state index in [0.29, 0.717) is 16.9 Å². The van der Waals surface area contributed by atoms with E-state index in [1.54, 1.807) is 0 Å². The molecule has 3 N–H and O–H groups in total. The predicted octanol–water partition coefficient (Wildman–Crippen LogP) is 3.25. The van der Waals surface area contributed by atoms with Gasteiger partial charge in [0.2, 0.25) is 0 Å². The lowest BCUT2D eigenvalue weighted by molar-refractivity contribution is -0.192. The molecule has 0 atom stereocenters. The quantitative estimate of drug-likeness (QED) is 0.489. The highest BCUT2D eigenvalue weighted by Gasteiger charge is 2.38. The van der Waals surface area contributed by atoms with Gasteiger partial charge < -0.3 is 10.8 Å². The Morgan fingerprint density at radius 1 is 1.00 bits per heavy atom. The van der Waals surface area contributed by atoms with E-state index < -0.39 is 54.4 Å². The predicted molar refractivity (Wildman–Crippen MR) is 106 cm³/mol. The van der Waals surface area contributed by atoms with Crippen LogP contribution in [0.1, 0.15) is 5.69 Å². The number of aromatic nitrogens is 5. The third-order valence-electron chi connectivity index (χ3n) is 4.21. The maximum atomic E-state index is 12.7. The van der Waals surface area contributed by atoms with Gasteiger partial charge in [-0.25, -0.2) is 18.8 Å². The molecule has 0 unspecified atom stereocenters. The largest absolute Gasteiger partial charge is 0.490 e. The van der Waals surface area contributed by atoms with Crippen LogP contribution >= 0.6 is 0 Å². The molecule has 0 saturated carbocycles. The minimum absolute atomic E-state index is 0.295. The highest BCUT2D eigenvalue weighted by molar-refractivity contribution is 5.73. The molecular formula is C19H14F8N6O3. The molecule has 0 radical (unpaired) electrons. The fourth-order valence-electron chi connectivity index (χ4n) is 2.42. The van der Waals surface area contributed by atoms with E-state index >= 15 is 0 Å². The van der Waals surface area contributed by atoms with Crippen molar-refractivity contribution < 1.29 is 45.0 Å². The van der Waals surface area contributed by atoms with Gasteiger partial charge in [0.05, 0.1) is 24.1 Å². The number of hydrogen-bond donors (Lipinski definition) is 2. The van der Waals surface area contributed by atoms with Crippen LogP contribution in [0.5, 0.6) is 0 Å². The van der Waals surface area contributed by atoms with Crippen LogP contribution in [0.25, 0.3) is 16.9 Å².